The third-order valence-electron chi connectivity index (χ3n) is 4.07. The maximum Gasteiger partial charge on any atom is 0.0471 e. The lowest BCUT2D eigenvalue weighted by molar-refractivity contribution is 0.0147. The van der Waals surface area contributed by atoms with Crippen LogP contribution in [0.5, 0.6) is 0 Å². The van der Waals surface area contributed by atoms with E-state index in [1.54, 1.807) is 0 Å². The number of ether oxygens (including phenoxy) is 1. The van der Waals surface area contributed by atoms with Crippen LogP contribution in [0.3, 0.4) is 0 Å². The maximum absolute atomic E-state index is 5.58. The van der Waals surface area contributed by atoms with Gasteiger partial charge in [-0.05, 0) is 54.8 Å². The highest BCUT2D eigenvalue weighted by atomic mass is 79.9. The molecule has 1 aromatic rings. The zero-order chi connectivity index (χ0) is 14.4. The second-order valence-corrected chi connectivity index (χ2v) is 7.36. The van der Waals surface area contributed by atoms with Gasteiger partial charge < -0.3 is 10.1 Å². The molecule has 0 bridgehead atoms. The Balaban J connectivity index is 2.02. The van der Waals surface area contributed by atoms with Crippen LogP contribution in [0.1, 0.15) is 32.3 Å². The van der Waals surface area contributed by atoms with Gasteiger partial charge in [-0.3, -0.25) is 0 Å². The summed E-state index contributed by atoms with van der Waals surface area (Å²) in [6, 6.07) is 8.72. The van der Waals surface area contributed by atoms with Gasteiger partial charge in [0.2, 0.25) is 0 Å². The molecule has 3 heteroatoms. The van der Waals surface area contributed by atoms with Crippen LogP contribution in [-0.4, -0.2) is 26.3 Å². The summed E-state index contributed by atoms with van der Waals surface area (Å²) in [6.45, 7) is 8.52. The van der Waals surface area contributed by atoms with E-state index in [1.807, 2.05) is 0 Å². The van der Waals surface area contributed by atoms with Crippen molar-refractivity contribution in [1.29, 1.82) is 0 Å². The molecule has 0 saturated carbocycles. The molecule has 1 N–H and O–H groups in total. The van der Waals surface area contributed by atoms with Gasteiger partial charge in [0.15, 0.2) is 0 Å². The summed E-state index contributed by atoms with van der Waals surface area (Å²) in [5.74, 6) is 0.706. The molecular formula is C17H26BrNO. The molecule has 0 radical (unpaired) electrons. The van der Waals surface area contributed by atoms with Crippen molar-refractivity contribution < 1.29 is 4.74 Å². The molecule has 0 unspecified atom stereocenters. The highest BCUT2D eigenvalue weighted by Crippen LogP contribution is 2.34. The van der Waals surface area contributed by atoms with Crippen molar-refractivity contribution in [3.05, 3.63) is 34.3 Å². The summed E-state index contributed by atoms with van der Waals surface area (Å²) in [6.07, 6.45) is 3.45. The molecule has 112 valence electrons. The zero-order valence-corrected chi connectivity index (χ0v) is 14.2. The molecule has 1 heterocycles. The SMILES string of the molecule is CC(C)CNCC1(Cc2cccc(Br)c2)CCOCC1. The summed E-state index contributed by atoms with van der Waals surface area (Å²) < 4.78 is 6.75. The first-order valence-electron chi connectivity index (χ1n) is 7.63. The van der Waals surface area contributed by atoms with Gasteiger partial charge in [-0.15, -0.1) is 0 Å². The molecule has 0 aliphatic carbocycles. The summed E-state index contributed by atoms with van der Waals surface area (Å²) in [5, 5.41) is 3.66. The third-order valence-corrected chi connectivity index (χ3v) is 4.57. The van der Waals surface area contributed by atoms with E-state index in [0.717, 1.165) is 45.6 Å². The van der Waals surface area contributed by atoms with E-state index >= 15 is 0 Å². The van der Waals surface area contributed by atoms with Gasteiger partial charge >= 0.3 is 0 Å². The number of hydrogen-bond donors (Lipinski definition) is 1. The average Bonchev–Trinajstić information content (AvgIpc) is 2.39. The molecule has 0 aromatic heterocycles. The van der Waals surface area contributed by atoms with Crippen LogP contribution in [-0.2, 0) is 11.2 Å². The zero-order valence-electron chi connectivity index (χ0n) is 12.6. The van der Waals surface area contributed by atoms with Gasteiger partial charge in [0.05, 0.1) is 0 Å². The Kier molecular flexibility index (Phi) is 6.06. The van der Waals surface area contributed by atoms with Crippen LogP contribution in [0.2, 0.25) is 0 Å². The lowest BCUT2D eigenvalue weighted by atomic mass is 9.75. The van der Waals surface area contributed by atoms with Gasteiger partial charge in [0.1, 0.15) is 0 Å². The first-order valence-corrected chi connectivity index (χ1v) is 8.42. The highest BCUT2D eigenvalue weighted by Gasteiger charge is 2.32. The Bertz CT molecular complexity index is 413. The predicted molar refractivity (Wildman–Crippen MR) is 88.0 cm³/mol. The fraction of sp³-hybridized carbons (Fsp3) is 0.647. The number of rotatable bonds is 6. The normalized spacial score (nSPS) is 18.4. The van der Waals surface area contributed by atoms with Gasteiger partial charge in [0.25, 0.3) is 0 Å². The predicted octanol–water partition coefficient (Wildman–Crippen LogP) is 4.03. The van der Waals surface area contributed by atoms with Crippen molar-refractivity contribution in [2.24, 2.45) is 11.3 Å². The van der Waals surface area contributed by atoms with Crippen LogP contribution < -0.4 is 5.32 Å². The maximum atomic E-state index is 5.58. The van der Waals surface area contributed by atoms with E-state index < -0.39 is 0 Å². The number of hydrogen-bond acceptors (Lipinski definition) is 2. The van der Waals surface area contributed by atoms with Gasteiger partial charge in [-0.25, -0.2) is 0 Å². The quantitative estimate of drug-likeness (QED) is 0.844. The number of benzene rings is 1. The second kappa shape index (κ2) is 7.58. The summed E-state index contributed by atoms with van der Waals surface area (Å²) in [7, 11) is 0. The van der Waals surface area contributed by atoms with Crippen LogP contribution in [0, 0.1) is 11.3 Å². The largest absolute Gasteiger partial charge is 0.381 e. The second-order valence-electron chi connectivity index (χ2n) is 6.44. The van der Waals surface area contributed by atoms with Crippen LogP contribution in [0.15, 0.2) is 28.7 Å². The fourth-order valence-electron chi connectivity index (χ4n) is 2.93. The molecule has 1 aliphatic heterocycles. The average molecular weight is 340 g/mol. The van der Waals surface area contributed by atoms with E-state index in [4.69, 9.17) is 4.74 Å². The number of nitrogens with one attached hydrogen (secondary N) is 1. The van der Waals surface area contributed by atoms with E-state index in [2.05, 4.69) is 59.4 Å². The third kappa shape index (κ3) is 4.87. The molecule has 1 fully saturated rings. The molecule has 0 spiro atoms. The smallest absolute Gasteiger partial charge is 0.0471 e. The first-order chi connectivity index (χ1) is 9.60. The Morgan fingerprint density at radius 1 is 1.30 bits per heavy atom. The molecule has 1 aromatic carbocycles. The lowest BCUT2D eigenvalue weighted by Gasteiger charge is -2.38. The molecule has 0 amide bonds. The van der Waals surface area contributed by atoms with Crippen LogP contribution in [0.4, 0.5) is 0 Å². The first kappa shape index (κ1) is 16.0. The minimum atomic E-state index is 0.355. The molecular weight excluding hydrogens is 314 g/mol. The van der Waals surface area contributed by atoms with Crippen molar-refractivity contribution in [1.82, 2.24) is 5.32 Å². The molecule has 2 rings (SSSR count). The highest BCUT2D eigenvalue weighted by molar-refractivity contribution is 9.10. The van der Waals surface area contributed by atoms with Crippen molar-refractivity contribution in [2.75, 3.05) is 26.3 Å². The monoisotopic (exact) mass is 339 g/mol. The van der Waals surface area contributed by atoms with Gasteiger partial charge in [-0.2, -0.15) is 0 Å². The summed E-state index contributed by atoms with van der Waals surface area (Å²) >= 11 is 3.58. The van der Waals surface area contributed by atoms with E-state index in [0.29, 0.717) is 11.3 Å². The van der Waals surface area contributed by atoms with Crippen LogP contribution >= 0.6 is 15.9 Å². The summed E-state index contributed by atoms with van der Waals surface area (Å²) in [4.78, 5) is 0. The molecule has 0 atom stereocenters. The number of halogens is 1. The van der Waals surface area contributed by atoms with Crippen molar-refractivity contribution >= 4 is 15.9 Å². The summed E-state index contributed by atoms with van der Waals surface area (Å²) in [5.41, 5.74) is 1.78. The topological polar surface area (TPSA) is 21.3 Å². The van der Waals surface area contributed by atoms with Gasteiger partial charge in [0, 0.05) is 24.2 Å². The van der Waals surface area contributed by atoms with Gasteiger partial charge in [-0.1, -0.05) is 41.9 Å². The molecule has 1 aliphatic rings. The molecule has 2 nitrogen and oxygen atoms in total. The Morgan fingerprint density at radius 2 is 2.05 bits per heavy atom. The standard InChI is InChI=1S/C17H26BrNO/c1-14(2)12-19-13-17(6-8-20-9-7-17)11-15-4-3-5-16(18)10-15/h3-5,10,14,19H,6-9,11-13H2,1-2H3. The Morgan fingerprint density at radius 3 is 2.70 bits per heavy atom. The van der Waals surface area contributed by atoms with Crippen molar-refractivity contribution in [2.45, 2.75) is 33.1 Å². The Hall–Kier alpha value is -0.380. The van der Waals surface area contributed by atoms with E-state index in [1.165, 1.54) is 10.0 Å². The minimum Gasteiger partial charge on any atom is -0.381 e. The molecule has 1 saturated heterocycles. The molecule has 20 heavy (non-hydrogen) atoms. The minimum absolute atomic E-state index is 0.355. The lowest BCUT2D eigenvalue weighted by Crippen LogP contribution is -2.41. The van der Waals surface area contributed by atoms with Crippen LogP contribution in [0.25, 0.3) is 0 Å². The van der Waals surface area contributed by atoms with E-state index in [9.17, 15) is 0 Å². The van der Waals surface area contributed by atoms with Crippen molar-refractivity contribution in [3.63, 3.8) is 0 Å². The Labute approximate surface area is 131 Å². The fourth-order valence-corrected chi connectivity index (χ4v) is 3.37. The van der Waals surface area contributed by atoms with E-state index in [-0.39, 0.29) is 0 Å². The van der Waals surface area contributed by atoms with Crippen molar-refractivity contribution in [3.8, 4) is 0 Å².